The fraction of sp³-hybridized carbons (Fsp3) is 0.615. The lowest BCUT2D eigenvalue weighted by Gasteiger charge is -2.26. The van der Waals surface area contributed by atoms with E-state index in [0.29, 0.717) is 30.3 Å². The Hall–Kier alpha value is -4.28. The number of benzene rings is 1. The normalized spacial score (nSPS) is 16.4. The van der Waals surface area contributed by atoms with Crippen molar-refractivity contribution >= 4 is 40.2 Å². The number of hydrogen-bond donors (Lipinski definition) is 4. The van der Waals surface area contributed by atoms with E-state index < -0.39 is 12.1 Å². The molecule has 2 saturated heterocycles. The van der Waals surface area contributed by atoms with Crippen LogP contribution in [0.2, 0.25) is 0 Å². The first-order valence-corrected chi connectivity index (χ1v) is 19.4. The molecule has 0 radical (unpaired) electrons. The third-order valence-corrected chi connectivity index (χ3v) is 9.98. The number of aryl methyl sites for hydroxylation is 2. The molecule has 1 aromatic carbocycles. The molecule has 4 N–H and O–H groups in total. The van der Waals surface area contributed by atoms with Gasteiger partial charge in [-0.2, -0.15) is 18.3 Å². The van der Waals surface area contributed by atoms with Crippen molar-refractivity contribution in [2.45, 2.75) is 116 Å². The molecule has 2 fully saturated rings. The zero-order valence-electron chi connectivity index (χ0n) is 32.2. The summed E-state index contributed by atoms with van der Waals surface area (Å²) in [6, 6.07) is 7.99. The summed E-state index contributed by atoms with van der Waals surface area (Å²) in [5, 5.41) is 22.5. The second-order valence-electron chi connectivity index (χ2n) is 13.9. The van der Waals surface area contributed by atoms with Gasteiger partial charge in [0.2, 0.25) is 5.91 Å². The Morgan fingerprint density at radius 1 is 1.02 bits per heavy atom. The van der Waals surface area contributed by atoms with E-state index in [1.165, 1.54) is 32.2 Å². The van der Waals surface area contributed by atoms with Crippen LogP contribution in [-0.4, -0.2) is 101 Å². The summed E-state index contributed by atoms with van der Waals surface area (Å²) in [6.45, 7) is 9.88. The average molecular weight is 776 g/mol. The standard InChI is InChI=1S/C37H55N7O4.C2HF3O2/c1-4-33-31(35(41-29-18-22-48-23-19-29)32-25-39-44(5-2)36(32)42-33)24-38-37(46)27-14-16-28(17-15-27)40-34(45)13-9-7-6-8-10-20-43-21-11-12-30(43)26-47-3;3-2(4,5)1(6)7/h14-17,25,29-30H,4-13,18-24,26H2,1-3H3,(H,38,46)(H,40,45)(H,41,42);(H,6,7)/t30-;/m1./s1. The fourth-order valence-electron chi connectivity index (χ4n) is 7.00. The molecule has 0 saturated carbocycles. The number of nitrogens with zero attached hydrogens (tertiary/aromatic N) is 4. The molecule has 16 heteroatoms. The third-order valence-electron chi connectivity index (χ3n) is 9.98. The maximum Gasteiger partial charge on any atom is 0.490 e. The van der Waals surface area contributed by atoms with Crippen LogP contribution in [0.25, 0.3) is 11.0 Å². The van der Waals surface area contributed by atoms with E-state index in [0.717, 1.165) is 99.4 Å². The Kier molecular flexibility index (Phi) is 17.2. The minimum Gasteiger partial charge on any atom is -0.475 e. The van der Waals surface area contributed by atoms with Gasteiger partial charge in [-0.15, -0.1) is 0 Å². The smallest absolute Gasteiger partial charge is 0.475 e. The minimum absolute atomic E-state index is 0.0117. The largest absolute Gasteiger partial charge is 0.490 e. The van der Waals surface area contributed by atoms with E-state index in [2.05, 4.69) is 39.8 Å². The quantitative estimate of drug-likeness (QED) is 0.104. The number of halogens is 3. The Morgan fingerprint density at radius 2 is 1.71 bits per heavy atom. The molecular formula is C39H56F3N7O6. The number of rotatable bonds is 18. The summed E-state index contributed by atoms with van der Waals surface area (Å²) in [5.41, 5.74) is 5.04. The zero-order valence-corrected chi connectivity index (χ0v) is 32.2. The lowest BCUT2D eigenvalue weighted by atomic mass is 10.0. The molecular weight excluding hydrogens is 719 g/mol. The van der Waals surface area contributed by atoms with Crippen LogP contribution >= 0.6 is 0 Å². The summed E-state index contributed by atoms with van der Waals surface area (Å²) >= 11 is 0. The van der Waals surface area contributed by atoms with E-state index in [-0.39, 0.29) is 17.9 Å². The van der Waals surface area contributed by atoms with Gasteiger partial charge in [0.15, 0.2) is 5.65 Å². The van der Waals surface area contributed by atoms with E-state index in [1.807, 2.05) is 10.9 Å². The van der Waals surface area contributed by atoms with Gasteiger partial charge in [0.1, 0.15) is 0 Å². The minimum atomic E-state index is -5.08. The monoisotopic (exact) mass is 775 g/mol. The van der Waals surface area contributed by atoms with Crippen molar-refractivity contribution in [3.63, 3.8) is 0 Å². The van der Waals surface area contributed by atoms with Crippen molar-refractivity contribution in [2.24, 2.45) is 0 Å². The number of pyridine rings is 1. The van der Waals surface area contributed by atoms with Crippen LogP contribution in [0.15, 0.2) is 30.5 Å². The van der Waals surface area contributed by atoms with E-state index in [1.54, 1.807) is 31.4 Å². The SMILES string of the molecule is CCc1nc2c(cnn2CC)c(NC2CCOCC2)c1CNC(=O)c1ccc(NC(=O)CCCCCCCN2CCC[C@@H]2COC)cc1.O=C(O)C(F)(F)F. The Labute approximate surface area is 320 Å². The number of hydrogen-bond acceptors (Lipinski definition) is 9. The number of aromatic nitrogens is 3. The van der Waals surface area contributed by atoms with Crippen LogP contribution in [0.3, 0.4) is 0 Å². The molecule has 0 bridgehead atoms. The number of aliphatic carboxylic acids is 1. The van der Waals surface area contributed by atoms with Crippen LogP contribution in [0, 0.1) is 0 Å². The van der Waals surface area contributed by atoms with Gasteiger partial charge in [-0.25, -0.2) is 14.5 Å². The number of carbonyl (C=O) groups is 3. The maximum absolute atomic E-state index is 13.3. The molecule has 4 heterocycles. The highest BCUT2D eigenvalue weighted by atomic mass is 19.4. The van der Waals surface area contributed by atoms with Crippen molar-refractivity contribution in [3.8, 4) is 0 Å². The molecule has 2 aromatic heterocycles. The molecule has 1 atom stereocenters. The highest BCUT2D eigenvalue weighted by Gasteiger charge is 2.38. The molecule has 2 amide bonds. The third kappa shape index (κ3) is 13.2. The maximum atomic E-state index is 13.3. The molecule has 304 valence electrons. The number of amides is 2. The van der Waals surface area contributed by atoms with Crippen LogP contribution < -0.4 is 16.0 Å². The number of anilines is 2. The summed E-state index contributed by atoms with van der Waals surface area (Å²) in [6.07, 6.45) is 7.91. The highest BCUT2D eigenvalue weighted by molar-refractivity contribution is 5.96. The topological polar surface area (TPSA) is 160 Å². The van der Waals surface area contributed by atoms with Crippen LogP contribution in [0.1, 0.15) is 99.7 Å². The summed E-state index contributed by atoms with van der Waals surface area (Å²) in [5.74, 6) is -2.92. The Balaban J connectivity index is 0.000000876. The predicted octanol–water partition coefficient (Wildman–Crippen LogP) is 6.56. The summed E-state index contributed by atoms with van der Waals surface area (Å²) < 4.78 is 44.6. The van der Waals surface area contributed by atoms with Gasteiger partial charge < -0.3 is 30.5 Å². The molecule has 0 unspecified atom stereocenters. The molecule has 3 aromatic rings. The first kappa shape index (κ1) is 43.4. The van der Waals surface area contributed by atoms with Crippen LogP contribution in [0.4, 0.5) is 24.5 Å². The van der Waals surface area contributed by atoms with Gasteiger partial charge in [0.25, 0.3) is 5.91 Å². The number of ether oxygens (including phenoxy) is 2. The second kappa shape index (κ2) is 21.7. The number of unbranched alkanes of at least 4 members (excludes halogenated alkanes) is 4. The fourth-order valence-corrected chi connectivity index (χ4v) is 7.00. The number of carbonyl (C=O) groups excluding carboxylic acids is 2. The first-order chi connectivity index (χ1) is 26.4. The summed E-state index contributed by atoms with van der Waals surface area (Å²) in [7, 11) is 1.79. The molecule has 0 spiro atoms. The number of alkyl halides is 3. The predicted molar refractivity (Wildman–Crippen MR) is 204 cm³/mol. The van der Waals surface area contributed by atoms with Gasteiger partial charge in [0.05, 0.1) is 23.9 Å². The first-order valence-electron chi connectivity index (χ1n) is 19.4. The molecule has 13 nitrogen and oxygen atoms in total. The van der Waals surface area contributed by atoms with Crippen molar-refractivity contribution < 1.29 is 42.1 Å². The number of fused-ring (bicyclic) bond motifs is 1. The van der Waals surface area contributed by atoms with Crippen molar-refractivity contribution in [1.82, 2.24) is 25.0 Å². The van der Waals surface area contributed by atoms with E-state index >= 15 is 0 Å². The van der Waals surface area contributed by atoms with Crippen molar-refractivity contribution in [2.75, 3.05) is 50.7 Å². The molecule has 55 heavy (non-hydrogen) atoms. The molecule has 2 aliphatic heterocycles. The van der Waals surface area contributed by atoms with Gasteiger partial charge in [-0.3, -0.25) is 14.5 Å². The molecule has 0 aliphatic carbocycles. The van der Waals surface area contributed by atoms with Gasteiger partial charge in [-0.05, 0) is 89.2 Å². The van der Waals surface area contributed by atoms with Crippen LogP contribution in [-0.2, 0) is 38.6 Å². The molecule has 2 aliphatic rings. The lowest BCUT2D eigenvalue weighted by Crippen LogP contribution is -2.33. The molecule has 5 rings (SSSR count). The number of carboxylic acids is 1. The lowest BCUT2D eigenvalue weighted by molar-refractivity contribution is -0.192. The second-order valence-corrected chi connectivity index (χ2v) is 13.9. The highest BCUT2D eigenvalue weighted by Crippen LogP contribution is 2.31. The van der Waals surface area contributed by atoms with E-state index in [4.69, 9.17) is 24.4 Å². The number of methoxy groups -OCH3 is 1. The number of nitrogens with one attached hydrogen (secondary N) is 3. The Bertz CT molecular complexity index is 1680. The summed E-state index contributed by atoms with van der Waals surface area (Å²) in [4.78, 5) is 42.3. The van der Waals surface area contributed by atoms with Gasteiger partial charge >= 0.3 is 12.1 Å². The van der Waals surface area contributed by atoms with Gasteiger partial charge in [-0.1, -0.05) is 26.2 Å². The van der Waals surface area contributed by atoms with E-state index in [9.17, 15) is 22.8 Å². The zero-order chi connectivity index (χ0) is 39.8. The van der Waals surface area contributed by atoms with Gasteiger partial charge in [0, 0.05) is 74.4 Å². The number of carboxylic acid groups (broad SMARTS) is 1. The Morgan fingerprint density at radius 3 is 2.36 bits per heavy atom. The number of likely N-dealkylation sites (tertiary alicyclic amines) is 1. The average Bonchev–Trinajstić information content (AvgIpc) is 3.80. The van der Waals surface area contributed by atoms with Crippen molar-refractivity contribution in [3.05, 3.63) is 47.3 Å². The van der Waals surface area contributed by atoms with Crippen LogP contribution in [0.5, 0.6) is 0 Å². The van der Waals surface area contributed by atoms with Crippen molar-refractivity contribution in [1.29, 1.82) is 0 Å².